The standard InChI is InChI=1S/C20H19Br2ClN2.C20H20BrClN2.C20H22ClN3/c1-25-6-4-12(5-7-25)19-16-3-2-15(23)8-13(16)9-18(22)17-10-14(21)11-24-20(17)19;1-24-8-6-13(7-9-24)19-18-5-4-17(22)11-14(18)2-3-15-10-16(21)12-23-20(15)19;1-24-8-6-13(7-9-24)19-18-5-4-16(21)10-14(18)2-3-15-11-17(22)12-23-20(15)19/h2-3,8-12,19H,4-7H2,1H3;2-5,10-13,19H,6-9H2,1H3;2-5,10-13,19H,6-9,22H2,1H3. The Morgan fingerprint density at radius 3 is 1.30 bits per heavy atom. The van der Waals surface area contributed by atoms with Crippen molar-refractivity contribution in [3.8, 4) is 0 Å². The molecule has 3 aromatic carbocycles. The fraction of sp³-hybridized carbons (Fsp3) is 0.350. The molecule has 0 saturated carbocycles. The van der Waals surface area contributed by atoms with Crippen molar-refractivity contribution in [2.45, 2.75) is 56.3 Å². The second-order valence-corrected chi connectivity index (χ2v) is 24.8. The van der Waals surface area contributed by atoms with Crippen molar-refractivity contribution in [3.05, 3.63) is 183 Å². The molecule has 3 aromatic heterocycles. The van der Waals surface area contributed by atoms with Gasteiger partial charge in [0.15, 0.2) is 0 Å². The van der Waals surface area contributed by atoms with Crippen LogP contribution in [0.1, 0.15) is 123 Å². The summed E-state index contributed by atoms with van der Waals surface area (Å²) in [6.07, 6.45) is 23.6. The molecule has 3 aliphatic carbocycles. The number of likely N-dealkylation sites (tertiary alicyclic amines) is 3. The van der Waals surface area contributed by atoms with Crippen molar-refractivity contribution in [2.75, 3.05) is 66.1 Å². The van der Waals surface area contributed by atoms with E-state index in [1.807, 2.05) is 36.7 Å². The number of hydrogen-bond donors (Lipinski definition) is 1. The number of rotatable bonds is 3. The van der Waals surface area contributed by atoms with E-state index in [9.17, 15) is 0 Å². The van der Waals surface area contributed by atoms with E-state index in [4.69, 9.17) is 55.5 Å². The van der Waals surface area contributed by atoms with E-state index in [1.165, 1.54) is 94.4 Å². The normalized spacial score (nSPS) is 21.2. The van der Waals surface area contributed by atoms with E-state index in [0.29, 0.717) is 41.2 Å². The smallest absolute Gasteiger partial charge is 0.0565 e. The number of hydrogen-bond acceptors (Lipinski definition) is 7. The molecule has 13 heteroatoms. The molecule has 0 radical (unpaired) electrons. The fourth-order valence-electron chi connectivity index (χ4n) is 12.1. The minimum atomic E-state index is 0.301. The summed E-state index contributed by atoms with van der Waals surface area (Å²) in [5, 5.41) is 2.34. The molecule has 378 valence electrons. The van der Waals surface area contributed by atoms with Crippen molar-refractivity contribution < 1.29 is 0 Å². The molecule has 6 aromatic rings. The first-order chi connectivity index (χ1) is 35.3. The zero-order chi connectivity index (χ0) is 50.9. The first kappa shape index (κ1) is 52.7. The lowest BCUT2D eigenvalue weighted by Gasteiger charge is -2.35. The van der Waals surface area contributed by atoms with E-state index in [0.717, 1.165) is 79.0 Å². The van der Waals surface area contributed by atoms with Gasteiger partial charge in [0, 0.05) is 64.2 Å². The van der Waals surface area contributed by atoms with Crippen LogP contribution in [0.2, 0.25) is 15.1 Å². The summed E-state index contributed by atoms with van der Waals surface area (Å²) in [4.78, 5) is 21.7. The summed E-state index contributed by atoms with van der Waals surface area (Å²) in [7, 11) is 6.62. The Morgan fingerprint density at radius 1 is 0.452 bits per heavy atom. The molecular weight excluding hydrogens is 1160 g/mol. The fourth-order valence-corrected chi connectivity index (χ4v) is 13.9. The molecule has 7 nitrogen and oxygen atoms in total. The molecule has 2 N–H and O–H groups in total. The Kier molecular flexibility index (Phi) is 16.8. The molecule has 6 aliphatic rings. The maximum absolute atomic E-state index is 6.29. The average molecular weight is 1230 g/mol. The molecule has 0 spiro atoms. The highest BCUT2D eigenvalue weighted by molar-refractivity contribution is 9.15. The predicted molar refractivity (Wildman–Crippen MR) is 318 cm³/mol. The molecule has 0 amide bonds. The molecule has 3 atom stereocenters. The Morgan fingerprint density at radius 2 is 0.822 bits per heavy atom. The number of anilines is 1. The highest BCUT2D eigenvalue weighted by Crippen LogP contribution is 2.48. The lowest BCUT2D eigenvalue weighted by Crippen LogP contribution is -2.33. The number of fused-ring (bicyclic) bond motifs is 6. The summed E-state index contributed by atoms with van der Waals surface area (Å²) >= 11 is 29.7. The summed E-state index contributed by atoms with van der Waals surface area (Å²) in [5.74, 6) is 2.75. The van der Waals surface area contributed by atoms with Gasteiger partial charge in [-0.05, 0) is 254 Å². The van der Waals surface area contributed by atoms with Gasteiger partial charge in [-0.1, -0.05) is 93.2 Å². The zero-order valence-electron chi connectivity index (χ0n) is 41.5. The second-order valence-electron chi connectivity index (χ2n) is 20.8. The van der Waals surface area contributed by atoms with Gasteiger partial charge < -0.3 is 20.4 Å². The molecule has 3 saturated heterocycles. The zero-order valence-corrected chi connectivity index (χ0v) is 48.6. The van der Waals surface area contributed by atoms with Gasteiger partial charge in [0.1, 0.15) is 0 Å². The quantitative estimate of drug-likeness (QED) is 0.189. The average Bonchev–Trinajstić information content (AvgIpc) is 3.69. The number of pyridine rings is 3. The van der Waals surface area contributed by atoms with Crippen LogP contribution in [-0.4, -0.2) is 90.1 Å². The van der Waals surface area contributed by atoms with Gasteiger partial charge >= 0.3 is 0 Å². The Balaban J connectivity index is 0.000000126. The largest absolute Gasteiger partial charge is 0.397 e. The van der Waals surface area contributed by atoms with Gasteiger partial charge in [-0.25, -0.2) is 0 Å². The lowest BCUT2D eigenvalue weighted by atomic mass is 9.76. The number of nitrogens with two attached hydrogens (primary N) is 1. The van der Waals surface area contributed by atoms with Crippen molar-refractivity contribution >= 4 is 123 Å². The monoisotopic (exact) mass is 1220 g/mol. The van der Waals surface area contributed by atoms with Crippen LogP contribution in [0.5, 0.6) is 0 Å². The van der Waals surface area contributed by atoms with Gasteiger partial charge in [0.25, 0.3) is 0 Å². The van der Waals surface area contributed by atoms with E-state index in [1.54, 1.807) is 6.20 Å². The maximum Gasteiger partial charge on any atom is 0.0565 e. The van der Waals surface area contributed by atoms with Gasteiger partial charge in [-0.3, -0.25) is 15.0 Å². The van der Waals surface area contributed by atoms with Crippen molar-refractivity contribution in [1.29, 1.82) is 0 Å². The maximum atomic E-state index is 6.29. The highest BCUT2D eigenvalue weighted by Gasteiger charge is 2.36. The number of halogens is 6. The van der Waals surface area contributed by atoms with E-state index in [-0.39, 0.29) is 0 Å². The van der Waals surface area contributed by atoms with Crippen LogP contribution < -0.4 is 5.73 Å². The van der Waals surface area contributed by atoms with Crippen LogP contribution in [-0.2, 0) is 0 Å². The number of nitrogen functional groups attached to an aromatic ring is 1. The molecule has 3 aliphatic heterocycles. The molecule has 3 unspecified atom stereocenters. The summed E-state index contributed by atoms with van der Waals surface area (Å²) < 4.78 is 3.09. The third-order valence-corrected chi connectivity index (χ3v) is 18.2. The van der Waals surface area contributed by atoms with Crippen molar-refractivity contribution in [1.82, 2.24) is 29.7 Å². The van der Waals surface area contributed by atoms with Crippen LogP contribution in [0.3, 0.4) is 0 Å². The number of piperidine rings is 3. The lowest BCUT2D eigenvalue weighted by molar-refractivity contribution is 0.206. The second kappa shape index (κ2) is 23.3. The molecule has 0 bridgehead atoms. The van der Waals surface area contributed by atoms with E-state index < -0.39 is 0 Å². The van der Waals surface area contributed by atoms with Crippen molar-refractivity contribution in [2.24, 2.45) is 17.8 Å². The first-order valence-electron chi connectivity index (χ1n) is 25.5. The van der Waals surface area contributed by atoms with E-state index in [2.05, 4.69) is 163 Å². The van der Waals surface area contributed by atoms with Crippen LogP contribution >= 0.6 is 82.6 Å². The topological polar surface area (TPSA) is 74.4 Å². The molecule has 12 rings (SSSR count). The third kappa shape index (κ3) is 12.0. The molecule has 3 fully saturated rings. The Labute approximate surface area is 471 Å². The molecule has 73 heavy (non-hydrogen) atoms. The van der Waals surface area contributed by atoms with Gasteiger partial charge in [0.2, 0.25) is 0 Å². The number of aromatic nitrogens is 3. The minimum Gasteiger partial charge on any atom is -0.397 e. The summed E-state index contributed by atoms with van der Waals surface area (Å²) in [5.41, 5.74) is 21.4. The SMILES string of the molecule is CN1CCC(C2c3ccc(Cl)cc3C=C(Br)c3cc(Br)cnc32)CC1.CN1CCC(C2c3ccc(Cl)cc3C=Cc3cc(Br)cnc32)CC1.CN1CCC(C2c3ccc(Cl)cc3C=Cc3cc(N)cnc32)CC1. The summed E-state index contributed by atoms with van der Waals surface area (Å²) in [6.45, 7) is 6.88. The Bertz CT molecular complexity index is 2830. The van der Waals surface area contributed by atoms with E-state index >= 15 is 0 Å². The van der Waals surface area contributed by atoms with Crippen LogP contribution in [0.25, 0.3) is 34.9 Å². The van der Waals surface area contributed by atoms with Crippen molar-refractivity contribution in [3.63, 3.8) is 0 Å². The highest BCUT2D eigenvalue weighted by atomic mass is 79.9. The summed E-state index contributed by atoms with van der Waals surface area (Å²) in [6, 6.07) is 25.2. The van der Waals surface area contributed by atoms with Crippen LogP contribution in [0.15, 0.2) is 100 Å². The molecular formula is C60H61Br3Cl3N7. The van der Waals surface area contributed by atoms with Gasteiger partial charge in [-0.15, -0.1) is 0 Å². The Hall–Kier alpha value is -3.68. The molecule has 6 heterocycles. The minimum absolute atomic E-state index is 0.301. The van der Waals surface area contributed by atoms with Gasteiger partial charge in [-0.2, -0.15) is 0 Å². The van der Waals surface area contributed by atoms with Crippen LogP contribution in [0.4, 0.5) is 5.69 Å². The van der Waals surface area contributed by atoms with Gasteiger partial charge in [0.05, 0.1) is 29.0 Å². The predicted octanol–water partition coefficient (Wildman–Crippen LogP) is 15.9. The number of nitrogens with zero attached hydrogens (tertiary/aromatic N) is 6. The van der Waals surface area contributed by atoms with Crippen LogP contribution in [0, 0.1) is 17.8 Å². The first-order valence-corrected chi connectivity index (χ1v) is 29.0. The third-order valence-electron chi connectivity index (χ3n) is 15.9. The number of benzene rings is 3.